The number of aromatic nitrogens is 4. The zero-order valence-corrected chi connectivity index (χ0v) is 11.5. The van der Waals surface area contributed by atoms with Crippen molar-refractivity contribution >= 4 is 11.8 Å². The summed E-state index contributed by atoms with van der Waals surface area (Å²) in [5, 5.41) is 0. The Labute approximate surface area is 124 Å². The topological polar surface area (TPSA) is 80.8 Å². The Morgan fingerprint density at radius 1 is 1.18 bits per heavy atom. The molecule has 116 valence electrons. The Balaban J connectivity index is 1.85. The number of nitrogens with two attached hydrogens (primary N) is 1. The van der Waals surface area contributed by atoms with Crippen molar-refractivity contribution in [3.8, 4) is 11.4 Å². The van der Waals surface area contributed by atoms with Crippen LogP contribution in [0.3, 0.4) is 0 Å². The number of alkyl halides is 3. The summed E-state index contributed by atoms with van der Waals surface area (Å²) >= 11 is 0. The zero-order chi connectivity index (χ0) is 15.7. The molecule has 0 saturated carbocycles. The molecule has 3 rings (SSSR count). The molecule has 2 aromatic heterocycles. The lowest BCUT2D eigenvalue weighted by Crippen LogP contribution is -2.42. The van der Waals surface area contributed by atoms with Gasteiger partial charge in [-0.25, -0.2) is 19.9 Å². The van der Waals surface area contributed by atoms with Gasteiger partial charge in [0, 0.05) is 25.1 Å². The van der Waals surface area contributed by atoms with E-state index in [0.29, 0.717) is 23.6 Å². The minimum Gasteiger partial charge on any atom is -0.384 e. The number of nitrogens with zero attached hydrogens (tertiary/aromatic N) is 5. The fourth-order valence-corrected chi connectivity index (χ4v) is 2.44. The third-order valence-electron chi connectivity index (χ3n) is 3.46. The molecule has 1 saturated heterocycles. The van der Waals surface area contributed by atoms with E-state index in [1.54, 1.807) is 0 Å². The summed E-state index contributed by atoms with van der Waals surface area (Å²) < 4.78 is 38.9. The maximum atomic E-state index is 13.0. The summed E-state index contributed by atoms with van der Waals surface area (Å²) in [5.74, 6) is 0.693. The minimum atomic E-state index is -4.28. The summed E-state index contributed by atoms with van der Waals surface area (Å²) in [5.41, 5.74) is 6.07. The highest BCUT2D eigenvalue weighted by molar-refractivity contribution is 5.55. The van der Waals surface area contributed by atoms with Crippen LogP contribution in [0.25, 0.3) is 11.4 Å². The first-order valence-electron chi connectivity index (χ1n) is 6.69. The van der Waals surface area contributed by atoms with Crippen molar-refractivity contribution in [2.24, 2.45) is 0 Å². The molecule has 0 amide bonds. The van der Waals surface area contributed by atoms with Crippen molar-refractivity contribution in [3.05, 3.63) is 24.7 Å². The molecular weight excluding hydrogens is 297 g/mol. The van der Waals surface area contributed by atoms with E-state index < -0.39 is 12.2 Å². The van der Waals surface area contributed by atoms with Gasteiger partial charge in [-0.15, -0.1) is 0 Å². The Bertz CT molecular complexity index is 658. The van der Waals surface area contributed by atoms with Crippen LogP contribution in [0.15, 0.2) is 24.7 Å². The van der Waals surface area contributed by atoms with Crippen molar-refractivity contribution in [3.63, 3.8) is 0 Å². The maximum absolute atomic E-state index is 13.0. The van der Waals surface area contributed by atoms with Crippen molar-refractivity contribution in [2.45, 2.75) is 25.1 Å². The molecule has 3 heterocycles. The Morgan fingerprint density at radius 3 is 2.55 bits per heavy atom. The largest absolute Gasteiger partial charge is 0.408 e. The van der Waals surface area contributed by atoms with Crippen LogP contribution in [-0.2, 0) is 0 Å². The van der Waals surface area contributed by atoms with E-state index in [9.17, 15) is 13.2 Å². The smallest absolute Gasteiger partial charge is 0.384 e. The molecule has 0 spiro atoms. The molecule has 0 aliphatic carbocycles. The predicted molar refractivity (Wildman–Crippen MR) is 73.9 cm³/mol. The van der Waals surface area contributed by atoms with E-state index in [-0.39, 0.29) is 18.9 Å². The van der Waals surface area contributed by atoms with Gasteiger partial charge >= 0.3 is 6.18 Å². The van der Waals surface area contributed by atoms with Gasteiger partial charge in [-0.2, -0.15) is 13.2 Å². The van der Waals surface area contributed by atoms with E-state index in [0.717, 1.165) is 0 Å². The van der Waals surface area contributed by atoms with Gasteiger partial charge < -0.3 is 10.6 Å². The van der Waals surface area contributed by atoms with Crippen LogP contribution in [0.4, 0.5) is 24.9 Å². The normalized spacial score (nSPS) is 18.7. The molecule has 1 aliphatic rings. The molecule has 9 heteroatoms. The SMILES string of the molecule is Nc1ccnc(-c2cnc(N3CCC[C@@H]3C(F)(F)F)nc2)n1. The third kappa shape index (κ3) is 2.78. The lowest BCUT2D eigenvalue weighted by Gasteiger charge is -2.26. The first kappa shape index (κ1) is 14.5. The summed E-state index contributed by atoms with van der Waals surface area (Å²) in [7, 11) is 0. The molecule has 2 N–H and O–H groups in total. The van der Waals surface area contributed by atoms with E-state index in [2.05, 4.69) is 19.9 Å². The first-order chi connectivity index (χ1) is 10.4. The Hall–Kier alpha value is -2.45. The van der Waals surface area contributed by atoms with E-state index in [1.807, 2.05) is 0 Å². The highest BCUT2D eigenvalue weighted by Crippen LogP contribution is 2.34. The van der Waals surface area contributed by atoms with Crippen molar-refractivity contribution < 1.29 is 13.2 Å². The zero-order valence-electron chi connectivity index (χ0n) is 11.5. The fourth-order valence-electron chi connectivity index (χ4n) is 2.44. The average Bonchev–Trinajstić information content (AvgIpc) is 2.97. The van der Waals surface area contributed by atoms with Gasteiger partial charge in [-0.1, -0.05) is 0 Å². The summed E-state index contributed by atoms with van der Waals surface area (Å²) in [6.45, 7) is 0.290. The molecule has 1 aliphatic heterocycles. The lowest BCUT2D eigenvalue weighted by molar-refractivity contribution is -0.146. The standard InChI is InChI=1S/C13H13F3N6/c14-13(15,16)9-2-1-5-22(9)12-19-6-8(7-20-12)11-18-4-3-10(17)21-11/h3-4,6-7,9H,1-2,5H2,(H2,17,18,21)/t9-/m1/s1. The predicted octanol–water partition coefficient (Wildman–Crippen LogP) is 2.05. The van der Waals surface area contributed by atoms with E-state index in [4.69, 9.17) is 5.73 Å². The van der Waals surface area contributed by atoms with Crippen molar-refractivity contribution in [1.29, 1.82) is 0 Å². The molecule has 2 aromatic rings. The number of hydrogen-bond donors (Lipinski definition) is 1. The third-order valence-corrected chi connectivity index (χ3v) is 3.46. The summed E-state index contributed by atoms with van der Waals surface area (Å²) in [4.78, 5) is 17.3. The monoisotopic (exact) mass is 310 g/mol. The van der Waals surface area contributed by atoms with Gasteiger partial charge in [0.25, 0.3) is 0 Å². The van der Waals surface area contributed by atoms with Gasteiger partial charge in [0.15, 0.2) is 5.82 Å². The van der Waals surface area contributed by atoms with Gasteiger partial charge in [-0.3, -0.25) is 0 Å². The Kier molecular flexibility index (Phi) is 3.55. The van der Waals surface area contributed by atoms with Crippen molar-refractivity contribution in [2.75, 3.05) is 17.2 Å². The van der Waals surface area contributed by atoms with Crippen LogP contribution in [0.1, 0.15) is 12.8 Å². The van der Waals surface area contributed by atoms with Gasteiger partial charge in [0.1, 0.15) is 11.9 Å². The second-order valence-electron chi connectivity index (χ2n) is 4.97. The second kappa shape index (κ2) is 5.39. The van der Waals surface area contributed by atoms with Gasteiger partial charge in [0.05, 0.1) is 5.56 Å². The van der Waals surface area contributed by atoms with Crippen LogP contribution in [0, 0.1) is 0 Å². The molecule has 0 aromatic carbocycles. The summed E-state index contributed by atoms with van der Waals surface area (Å²) in [6, 6.07) is 0.0126. The molecule has 1 atom stereocenters. The maximum Gasteiger partial charge on any atom is 0.408 e. The molecule has 0 radical (unpaired) electrons. The van der Waals surface area contributed by atoms with Gasteiger partial charge in [-0.05, 0) is 18.9 Å². The van der Waals surface area contributed by atoms with Crippen LogP contribution in [0.5, 0.6) is 0 Å². The number of hydrogen-bond acceptors (Lipinski definition) is 6. The fraction of sp³-hybridized carbons (Fsp3) is 0.385. The molecule has 0 unspecified atom stereocenters. The molecular formula is C13H13F3N6. The number of halogens is 3. The van der Waals surface area contributed by atoms with Crippen LogP contribution < -0.4 is 10.6 Å². The lowest BCUT2D eigenvalue weighted by atomic mass is 10.2. The number of anilines is 2. The van der Waals surface area contributed by atoms with Crippen LogP contribution >= 0.6 is 0 Å². The number of rotatable bonds is 2. The first-order valence-corrected chi connectivity index (χ1v) is 6.69. The summed E-state index contributed by atoms with van der Waals surface area (Å²) in [6.07, 6.45) is 0.549. The molecule has 22 heavy (non-hydrogen) atoms. The van der Waals surface area contributed by atoms with E-state index >= 15 is 0 Å². The minimum absolute atomic E-state index is 0.0624. The quantitative estimate of drug-likeness (QED) is 0.914. The molecule has 1 fully saturated rings. The van der Waals surface area contributed by atoms with Gasteiger partial charge in [0.2, 0.25) is 5.95 Å². The molecule has 6 nitrogen and oxygen atoms in total. The Morgan fingerprint density at radius 2 is 1.91 bits per heavy atom. The average molecular weight is 310 g/mol. The highest BCUT2D eigenvalue weighted by Gasteiger charge is 2.46. The highest BCUT2D eigenvalue weighted by atomic mass is 19.4. The molecule has 0 bridgehead atoms. The van der Waals surface area contributed by atoms with Crippen LogP contribution in [0.2, 0.25) is 0 Å². The number of nitrogen functional groups attached to an aromatic ring is 1. The van der Waals surface area contributed by atoms with E-state index in [1.165, 1.54) is 29.6 Å². The second-order valence-corrected chi connectivity index (χ2v) is 4.97. The van der Waals surface area contributed by atoms with Crippen molar-refractivity contribution in [1.82, 2.24) is 19.9 Å². The van der Waals surface area contributed by atoms with Crippen LogP contribution in [-0.4, -0.2) is 38.7 Å².